The lowest BCUT2D eigenvalue weighted by Gasteiger charge is -2.44. The molecule has 14 heteroatoms. The standard InChI is InChI=1S/C46H63N5O7S2/c1-29(53)57-39-22-34(54)11-16-46-15-10-31-18-30-8-9-36(60-59-28-44(13-3-2-4-14-44)51-43(47)50-41(46)6-5-7-42(46)56)25-48-27-45(23-30)24-35(12-17-49-45)58-40-21-32(19-37(31)39)33(26-52)20-38(40)55/h5-6,20-21,30-31,34-37,39,41-42,48-49,52,54-56H,2-4,7,11-14,16-19,22-28H2,1H3,(H3,47,50,51)/t30-,31+,34+,35-,36-,37-,39+,41-,42+,45-,46+/m1/s1. The summed E-state index contributed by atoms with van der Waals surface area (Å²) in [5, 5.41) is 57.4. The predicted octanol–water partition coefficient (Wildman–Crippen LogP) is 4.07. The molecular formula is C46H63N5O7S2. The smallest absolute Gasteiger partial charge is 0.302 e. The number of aromatic hydroxyl groups is 1. The van der Waals surface area contributed by atoms with Crippen molar-refractivity contribution in [2.45, 2.75) is 150 Å². The van der Waals surface area contributed by atoms with Crippen molar-refractivity contribution in [3.8, 4) is 35.2 Å². The number of hydrogen-bond donors (Lipinski definition) is 8. The van der Waals surface area contributed by atoms with E-state index in [0.717, 1.165) is 50.0 Å². The van der Waals surface area contributed by atoms with Gasteiger partial charge in [0.1, 0.15) is 12.2 Å². The molecule has 1 aromatic carbocycles. The number of aliphatic imine (C=N–C) groups is 1. The molecule has 60 heavy (non-hydrogen) atoms. The number of aliphatic hydroxyl groups is 3. The minimum absolute atomic E-state index is 0.00895. The summed E-state index contributed by atoms with van der Waals surface area (Å²) in [5.74, 6) is 14.9. The molecule has 1 aromatic rings. The predicted molar refractivity (Wildman–Crippen MR) is 236 cm³/mol. The summed E-state index contributed by atoms with van der Waals surface area (Å²) in [5.41, 5.74) is 6.50. The Morgan fingerprint density at radius 1 is 1.08 bits per heavy atom. The lowest BCUT2D eigenvalue weighted by molar-refractivity contribution is -0.152. The third-order valence-electron chi connectivity index (χ3n) is 14.2. The number of carbonyl (C=O) groups is 1. The van der Waals surface area contributed by atoms with E-state index in [4.69, 9.17) is 20.2 Å². The maximum absolute atomic E-state index is 13.0. The lowest BCUT2D eigenvalue weighted by Crippen LogP contribution is -2.59. The SMILES string of the molecule is CC(=O)O[C@H]1C[C@@H](O)CC[C@@]23C#C[C@H]4C[C@H]5C#C[C@H](CNC[C@@]6(C5)C[C@@H](CCN6)Oc5cc(c(CO)cc5O)C[C@@H]14)SSCC1(CCCCC1)NC(N)=N[C@@H]2C=CC[C@@H]3O. The van der Waals surface area contributed by atoms with Crippen molar-refractivity contribution in [1.82, 2.24) is 16.0 Å². The van der Waals surface area contributed by atoms with Crippen LogP contribution in [0.25, 0.3) is 0 Å². The zero-order valence-corrected chi connectivity index (χ0v) is 36.4. The van der Waals surface area contributed by atoms with Crippen molar-refractivity contribution in [3.05, 3.63) is 35.4 Å². The van der Waals surface area contributed by atoms with Gasteiger partial charge in [0.25, 0.3) is 0 Å². The molecule has 4 aliphatic heterocycles. The lowest BCUT2D eigenvalue weighted by atomic mass is 9.66. The third kappa shape index (κ3) is 9.76. The van der Waals surface area contributed by atoms with Gasteiger partial charge in [0, 0.05) is 67.4 Å². The van der Waals surface area contributed by atoms with Gasteiger partial charge in [-0.2, -0.15) is 0 Å². The average Bonchev–Trinajstić information content (AvgIpc) is 3.28. The van der Waals surface area contributed by atoms with Crippen LogP contribution in [0.5, 0.6) is 11.5 Å². The zero-order chi connectivity index (χ0) is 41.9. The van der Waals surface area contributed by atoms with Crippen LogP contribution in [0.4, 0.5) is 0 Å². The molecular weight excluding hydrogens is 799 g/mol. The monoisotopic (exact) mass is 861 g/mol. The molecule has 0 aromatic heterocycles. The van der Waals surface area contributed by atoms with Gasteiger partial charge in [0.05, 0.1) is 35.5 Å². The number of hydrogen-bond acceptors (Lipinski definition) is 14. The highest BCUT2D eigenvalue weighted by Crippen LogP contribution is 2.45. The van der Waals surface area contributed by atoms with Crippen LogP contribution in [0.2, 0.25) is 0 Å². The molecule has 0 amide bonds. The fourth-order valence-electron chi connectivity index (χ4n) is 11.1. The van der Waals surface area contributed by atoms with E-state index in [1.165, 1.54) is 13.3 Å². The number of ether oxygens (including phenoxy) is 2. The molecule has 0 unspecified atom stereocenters. The second-order valence-electron chi connectivity index (χ2n) is 18.6. The molecule has 3 aliphatic carbocycles. The van der Waals surface area contributed by atoms with Crippen molar-refractivity contribution in [1.29, 1.82) is 0 Å². The quantitative estimate of drug-likeness (QED) is 0.0921. The number of fused-ring (bicyclic) bond motifs is 4. The number of phenols is 1. The van der Waals surface area contributed by atoms with E-state index in [9.17, 15) is 25.2 Å². The minimum Gasteiger partial charge on any atom is -0.504 e. The topological polar surface area (TPSA) is 191 Å². The van der Waals surface area contributed by atoms with Crippen LogP contribution < -0.4 is 26.4 Å². The fourth-order valence-corrected chi connectivity index (χ4v) is 13.9. The molecule has 7 aliphatic rings. The Morgan fingerprint density at radius 3 is 2.75 bits per heavy atom. The maximum atomic E-state index is 13.0. The molecule has 12 nitrogen and oxygen atoms in total. The van der Waals surface area contributed by atoms with Crippen molar-refractivity contribution in [2.75, 3.05) is 25.4 Å². The molecule has 2 fully saturated rings. The Balaban J connectivity index is 1.34. The van der Waals surface area contributed by atoms with Crippen molar-refractivity contribution >= 4 is 33.5 Å². The Hall–Kier alpha value is -3.08. The Bertz CT molecular complexity index is 1920. The summed E-state index contributed by atoms with van der Waals surface area (Å²) in [6.45, 7) is 3.20. The van der Waals surface area contributed by atoms with E-state index >= 15 is 0 Å². The largest absolute Gasteiger partial charge is 0.504 e. The molecule has 3 spiro atoms. The number of esters is 1. The first-order valence-electron chi connectivity index (χ1n) is 22.2. The third-order valence-corrected chi connectivity index (χ3v) is 17.0. The number of benzene rings is 1. The normalized spacial score (nSPS) is 37.9. The molecule has 8 bridgehead atoms. The minimum atomic E-state index is -1.06. The first kappa shape index (κ1) is 43.6. The number of nitrogens with one attached hydrogen (secondary N) is 3. The van der Waals surface area contributed by atoms with Gasteiger partial charge in [0.2, 0.25) is 0 Å². The molecule has 1 saturated heterocycles. The highest BCUT2D eigenvalue weighted by Gasteiger charge is 2.48. The maximum Gasteiger partial charge on any atom is 0.302 e. The first-order chi connectivity index (χ1) is 29.0. The molecule has 326 valence electrons. The first-order valence-corrected chi connectivity index (χ1v) is 24.6. The van der Waals surface area contributed by atoms with E-state index in [2.05, 4.69) is 39.6 Å². The number of nitrogens with zero attached hydrogens (tertiary/aromatic N) is 1. The number of piperidine rings is 1. The van der Waals surface area contributed by atoms with Crippen LogP contribution >= 0.6 is 21.6 Å². The van der Waals surface area contributed by atoms with E-state index in [1.54, 1.807) is 6.07 Å². The number of aliphatic hydroxyl groups excluding tert-OH is 3. The van der Waals surface area contributed by atoms with Crippen molar-refractivity contribution in [2.24, 2.45) is 33.9 Å². The van der Waals surface area contributed by atoms with Gasteiger partial charge < -0.3 is 51.6 Å². The van der Waals surface area contributed by atoms with Gasteiger partial charge in [-0.05, 0) is 87.6 Å². The summed E-state index contributed by atoms with van der Waals surface area (Å²) in [6, 6.07) is 2.82. The summed E-state index contributed by atoms with van der Waals surface area (Å²) >= 11 is 0. The molecule has 4 heterocycles. The van der Waals surface area contributed by atoms with E-state index < -0.39 is 47.6 Å². The number of phenolic OH excluding ortho intramolecular Hbond substituents is 1. The van der Waals surface area contributed by atoms with Crippen molar-refractivity contribution in [3.63, 3.8) is 0 Å². The van der Waals surface area contributed by atoms with Crippen LogP contribution in [0.3, 0.4) is 0 Å². The van der Waals surface area contributed by atoms with Gasteiger partial charge in [-0.1, -0.05) is 76.7 Å². The molecule has 8 rings (SSSR count). The van der Waals surface area contributed by atoms with E-state index in [0.29, 0.717) is 75.3 Å². The molecule has 9 N–H and O–H groups in total. The Labute approximate surface area is 362 Å². The van der Waals surface area contributed by atoms with E-state index in [1.807, 2.05) is 39.8 Å². The van der Waals surface area contributed by atoms with Crippen LogP contribution in [0.15, 0.2) is 29.3 Å². The highest BCUT2D eigenvalue weighted by molar-refractivity contribution is 8.77. The Morgan fingerprint density at radius 2 is 1.93 bits per heavy atom. The summed E-state index contributed by atoms with van der Waals surface area (Å²) < 4.78 is 12.9. The van der Waals surface area contributed by atoms with Gasteiger partial charge in [-0.15, -0.1) is 0 Å². The van der Waals surface area contributed by atoms with Gasteiger partial charge in [-0.25, -0.2) is 4.99 Å². The highest BCUT2D eigenvalue weighted by atomic mass is 33.1. The average molecular weight is 862 g/mol. The van der Waals surface area contributed by atoms with Gasteiger partial charge in [0.15, 0.2) is 17.5 Å². The molecule has 1 saturated carbocycles. The number of carbonyl (C=O) groups excluding carboxylic acids is 1. The number of guanidine groups is 1. The van der Waals surface area contributed by atoms with Crippen LogP contribution in [-0.2, 0) is 22.6 Å². The van der Waals surface area contributed by atoms with Crippen molar-refractivity contribution < 1.29 is 34.7 Å². The molecule has 11 atom stereocenters. The van der Waals surface area contributed by atoms with E-state index in [-0.39, 0.29) is 47.1 Å². The second kappa shape index (κ2) is 18.7. The summed E-state index contributed by atoms with van der Waals surface area (Å²) in [4.78, 5) is 18.1. The molecule has 0 radical (unpaired) electrons. The summed E-state index contributed by atoms with van der Waals surface area (Å²) in [7, 11) is 3.65. The zero-order valence-electron chi connectivity index (χ0n) is 34.8. The van der Waals surface area contributed by atoms with Crippen LogP contribution in [0.1, 0.15) is 102 Å². The second-order valence-corrected chi connectivity index (χ2v) is 21.1. The fraction of sp³-hybridized carbons (Fsp3) is 0.696. The number of rotatable bonds is 2. The van der Waals surface area contributed by atoms with Gasteiger partial charge >= 0.3 is 5.97 Å². The van der Waals surface area contributed by atoms with Crippen LogP contribution in [-0.4, -0.2) is 105 Å². The Kier molecular flexibility index (Phi) is 13.6. The van der Waals surface area contributed by atoms with Gasteiger partial charge in [-0.3, -0.25) is 4.79 Å². The summed E-state index contributed by atoms with van der Waals surface area (Å²) in [6.07, 6.45) is 10.9. The van der Waals surface area contributed by atoms with Crippen LogP contribution in [0, 0.1) is 46.9 Å². The number of nitrogens with two attached hydrogens (primary N) is 1.